The van der Waals surface area contributed by atoms with E-state index in [9.17, 15) is 13.2 Å². The van der Waals surface area contributed by atoms with Crippen molar-refractivity contribution in [3.63, 3.8) is 0 Å². The predicted molar refractivity (Wildman–Crippen MR) is 98.5 cm³/mol. The third-order valence-electron chi connectivity index (χ3n) is 3.69. The van der Waals surface area contributed by atoms with Crippen LogP contribution in [0, 0.1) is 0 Å². The SMILES string of the molecule is CCOc1cc(C(F)(F)F)nn1-c1ccc(CNc2nc(Cl)ncc2N)cc1. The van der Waals surface area contributed by atoms with E-state index in [0.717, 1.165) is 16.3 Å². The number of ether oxygens (including phenoxy) is 1. The minimum absolute atomic E-state index is 0.0177. The van der Waals surface area contributed by atoms with Crippen molar-refractivity contribution < 1.29 is 17.9 Å². The maximum atomic E-state index is 13.0. The monoisotopic (exact) mass is 412 g/mol. The Balaban J connectivity index is 1.79. The van der Waals surface area contributed by atoms with Crippen LogP contribution >= 0.6 is 11.6 Å². The molecule has 3 rings (SSSR count). The highest BCUT2D eigenvalue weighted by molar-refractivity contribution is 6.28. The van der Waals surface area contributed by atoms with E-state index in [2.05, 4.69) is 20.4 Å². The van der Waals surface area contributed by atoms with E-state index in [4.69, 9.17) is 22.1 Å². The Morgan fingerprint density at radius 1 is 1.25 bits per heavy atom. The lowest BCUT2D eigenvalue weighted by Crippen LogP contribution is -2.08. The molecule has 2 heterocycles. The lowest BCUT2D eigenvalue weighted by Gasteiger charge is -2.10. The second kappa shape index (κ2) is 7.93. The van der Waals surface area contributed by atoms with Gasteiger partial charge >= 0.3 is 6.18 Å². The highest BCUT2D eigenvalue weighted by Gasteiger charge is 2.35. The van der Waals surface area contributed by atoms with Gasteiger partial charge in [-0.3, -0.25) is 0 Å². The molecule has 148 valence electrons. The van der Waals surface area contributed by atoms with Gasteiger partial charge in [0.05, 0.1) is 24.2 Å². The van der Waals surface area contributed by atoms with Crippen LogP contribution in [0.1, 0.15) is 18.2 Å². The number of nitrogens with two attached hydrogens (primary N) is 1. The first-order valence-corrected chi connectivity index (χ1v) is 8.57. The number of hydrogen-bond acceptors (Lipinski definition) is 6. The lowest BCUT2D eigenvalue weighted by atomic mass is 10.2. The van der Waals surface area contributed by atoms with Crippen molar-refractivity contribution in [1.29, 1.82) is 0 Å². The third-order valence-corrected chi connectivity index (χ3v) is 3.87. The van der Waals surface area contributed by atoms with Crippen molar-refractivity contribution in [2.45, 2.75) is 19.6 Å². The molecule has 0 aliphatic rings. The summed E-state index contributed by atoms with van der Waals surface area (Å²) in [6.07, 6.45) is -3.16. The first-order chi connectivity index (χ1) is 13.3. The van der Waals surface area contributed by atoms with Gasteiger partial charge in [0.2, 0.25) is 11.2 Å². The van der Waals surface area contributed by atoms with Crippen molar-refractivity contribution in [3.05, 3.63) is 53.1 Å². The minimum atomic E-state index is -4.56. The van der Waals surface area contributed by atoms with Gasteiger partial charge in [0.25, 0.3) is 0 Å². The standard InChI is InChI=1S/C17H16ClF3N6O/c1-2-28-14-7-13(17(19,20)21)26-27(14)11-5-3-10(4-6-11)8-23-15-12(22)9-24-16(18)25-15/h3-7,9H,2,8,22H2,1H3,(H,23,24,25). The number of aromatic nitrogens is 4. The van der Waals surface area contributed by atoms with Gasteiger partial charge in [0.15, 0.2) is 11.5 Å². The topological polar surface area (TPSA) is 90.9 Å². The molecule has 0 amide bonds. The van der Waals surface area contributed by atoms with Crippen molar-refractivity contribution >= 4 is 23.1 Å². The molecule has 3 N–H and O–H groups in total. The number of rotatable bonds is 6. The van der Waals surface area contributed by atoms with Crippen molar-refractivity contribution in [2.24, 2.45) is 0 Å². The predicted octanol–water partition coefficient (Wildman–Crippen LogP) is 3.93. The molecule has 0 atom stereocenters. The molecular weight excluding hydrogens is 397 g/mol. The Morgan fingerprint density at radius 3 is 2.61 bits per heavy atom. The zero-order valence-electron chi connectivity index (χ0n) is 14.7. The Bertz CT molecular complexity index is 959. The summed E-state index contributed by atoms with van der Waals surface area (Å²) < 4.78 is 45.3. The van der Waals surface area contributed by atoms with Crippen molar-refractivity contribution in [3.8, 4) is 11.6 Å². The first kappa shape index (κ1) is 19.7. The zero-order chi connectivity index (χ0) is 20.3. The van der Waals surface area contributed by atoms with Crippen molar-refractivity contribution in [2.75, 3.05) is 17.7 Å². The molecule has 0 aliphatic carbocycles. The highest BCUT2D eigenvalue weighted by atomic mass is 35.5. The maximum absolute atomic E-state index is 13.0. The van der Waals surface area contributed by atoms with Gasteiger partial charge in [-0.2, -0.15) is 23.3 Å². The number of benzene rings is 1. The molecule has 0 bridgehead atoms. The molecule has 0 spiro atoms. The summed E-state index contributed by atoms with van der Waals surface area (Å²) in [5.41, 5.74) is 6.39. The molecule has 28 heavy (non-hydrogen) atoms. The third kappa shape index (κ3) is 4.45. The molecule has 0 aliphatic heterocycles. The molecule has 11 heteroatoms. The number of nitrogens with zero attached hydrogens (tertiary/aromatic N) is 4. The molecule has 3 aromatic rings. The van der Waals surface area contributed by atoms with E-state index in [0.29, 0.717) is 23.7 Å². The molecule has 0 saturated carbocycles. The van der Waals surface area contributed by atoms with Crippen LogP contribution in [0.2, 0.25) is 5.28 Å². The van der Waals surface area contributed by atoms with Crippen LogP contribution in [0.15, 0.2) is 36.5 Å². The number of alkyl halides is 3. The molecule has 0 radical (unpaired) electrons. The van der Waals surface area contributed by atoms with Crippen LogP contribution in [0.25, 0.3) is 5.69 Å². The van der Waals surface area contributed by atoms with E-state index in [1.807, 2.05) is 0 Å². The molecular formula is C17H16ClF3N6O. The van der Waals surface area contributed by atoms with Crippen LogP contribution in [0.5, 0.6) is 5.88 Å². The Morgan fingerprint density at radius 2 is 1.96 bits per heavy atom. The summed E-state index contributed by atoms with van der Waals surface area (Å²) in [5, 5.41) is 6.71. The largest absolute Gasteiger partial charge is 0.478 e. The average Bonchev–Trinajstić information content (AvgIpc) is 3.08. The van der Waals surface area contributed by atoms with Crippen LogP contribution in [-0.4, -0.2) is 26.4 Å². The molecule has 0 unspecified atom stereocenters. The molecule has 0 fully saturated rings. The number of nitrogens with one attached hydrogen (secondary N) is 1. The zero-order valence-corrected chi connectivity index (χ0v) is 15.4. The van der Waals surface area contributed by atoms with Gasteiger partial charge in [0, 0.05) is 12.6 Å². The molecule has 1 aromatic carbocycles. The van der Waals surface area contributed by atoms with E-state index in [1.54, 1.807) is 31.2 Å². The van der Waals surface area contributed by atoms with Gasteiger partial charge in [-0.1, -0.05) is 12.1 Å². The van der Waals surface area contributed by atoms with E-state index >= 15 is 0 Å². The molecule has 0 saturated heterocycles. The fraction of sp³-hybridized carbons (Fsp3) is 0.235. The summed E-state index contributed by atoms with van der Waals surface area (Å²) in [4.78, 5) is 7.76. The van der Waals surface area contributed by atoms with Gasteiger partial charge in [-0.05, 0) is 36.2 Å². The number of nitrogen functional groups attached to an aromatic ring is 1. The average molecular weight is 413 g/mol. The summed E-state index contributed by atoms with van der Waals surface area (Å²) in [7, 11) is 0. The molecule has 2 aromatic heterocycles. The summed E-state index contributed by atoms with van der Waals surface area (Å²) >= 11 is 5.74. The first-order valence-electron chi connectivity index (χ1n) is 8.19. The smallest absolute Gasteiger partial charge is 0.435 e. The quantitative estimate of drug-likeness (QED) is 0.596. The number of anilines is 2. The van der Waals surface area contributed by atoms with E-state index in [-0.39, 0.29) is 17.8 Å². The van der Waals surface area contributed by atoms with Gasteiger partial charge in [-0.25, -0.2) is 9.67 Å². The lowest BCUT2D eigenvalue weighted by molar-refractivity contribution is -0.141. The summed E-state index contributed by atoms with van der Waals surface area (Å²) in [6.45, 7) is 2.28. The van der Waals surface area contributed by atoms with Crippen LogP contribution < -0.4 is 15.8 Å². The molecule has 7 nitrogen and oxygen atoms in total. The van der Waals surface area contributed by atoms with Gasteiger partial charge < -0.3 is 15.8 Å². The minimum Gasteiger partial charge on any atom is -0.478 e. The van der Waals surface area contributed by atoms with Gasteiger partial charge in [0.1, 0.15) is 0 Å². The fourth-order valence-corrected chi connectivity index (χ4v) is 2.52. The second-order valence-electron chi connectivity index (χ2n) is 5.67. The Labute approximate surface area is 163 Å². The van der Waals surface area contributed by atoms with Crippen LogP contribution in [0.4, 0.5) is 24.7 Å². The Hall–Kier alpha value is -3.01. The highest BCUT2D eigenvalue weighted by Crippen LogP contribution is 2.32. The second-order valence-corrected chi connectivity index (χ2v) is 6.01. The van der Waals surface area contributed by atoms with Gasteiger partial charge in [-0.15, -0.1) is 0 Å². The number of hydrogen-bond donors (Lipinski definition) is 2. The summed E-state index contributed by atoms with van der Waals surface area (Å²) in [5.74, 6) is 0.411. The summed E-state index contributed by atoms with van der Waals surface area (Å²) in [6, 6.07) is 7.64. The number of halogens is 4. The fourth-order valence-electron chi connectivity index (χ4n) is 2.39. The Kier molecular flexibility index (Phi) is 5.59. The van der Waals surface area contributed by atoms with Crippen LogP contribution in [-0.2, 0) is 12.7 Å². The maximum Gasteiger partial charge on any atom is 0.435 e. The van der Waals surface area contributed by atoms with Crippen LogP contribution in [0.3, 0.4) is 0 Å². The van der Waals surface area contributed by atoms with E-state index < -0.39 is 11.9 Å². The van der Waals surface area contributed by atoms with E-state index in [1.165, 1.54) is 6.20 Å². The normalized spacial score (nSPS) is 11.5. The van der Waals surface area contributed by atoms with Crippen molar-refractivity contribution in [1.82, 2.24) is 19.7 Å².